The van der Waals surface area contributed by atoms with Gasteiger partial charge in [0.1, 0.15) is 6.17 Å². The molecule has 1 atom stereocenters. The summed E-state index contributed by atoms with van der Waals surface area (Å²) in [7, 11) is 0. The van der Waals surface area contributed by atoms with Crippen molar-refractivity contribution in [2.24, 2.45) is 5.92 Å². The van der Waals surface area contributed by atoms with Gasteiger partial charge in [0.2, 0.25) is 5.91 Å². The lowest BCUT2D eigenvalue weighted by molar-refractivity contribution is -0.125. The van der Waals surface area contributed by atoms with Crippen molar-refractivity contribution in [1.82, 2.24) is 15.5 Å². The maximum Gasteiger partial charge on any atom is 0.230 e. The first-order valence-electron chi connectivity index (χ1n) is 8.88. The van der Waals surface area contributed by atoms with Crippen molar-refractivity contribution in [2.75, 3.05) is 6.54 Å². The normalized spacial score (nSPS) is 18.8. The molecule has 3 rings (SSSR count). The summed E-state index contributed by atoms with van der Waals surface area (Å²) in [6, 6.07) is 8.30. The highest BCUT2D eigenvalue weighted by molar-refractivity contribution is 5.87. The van der Waals surface area contributed by atoms with E-state index in [-0.39, 0.29) is 12.1 Å². The fraction of sp³-hybridized carbons (Fsp3) is 0.381. The van der Waals surface area contributed by atoms with E-state index < -0.39 is 5.41 Å². The Morgan fingerprint density at radius 2 is 1.96 bits per heavy atom. The molecule has 1 aromatic carbocycles. The maximum atomic E-state index is 12.5. The highest BCUT2D eigenvalue weighted by Crippen LogP contribution is 2.30. The molecule has 0 saturated carbocycles. The highest BCUT2D eigenvalue weighted by Gasteiger charge is 2.30. The third-order valence-corrected chi connectivity index (χ3v) is 4.76. The number of carbonyl (C=O) groups excluding carboxylic acids is 1. The summed E-state index contributed by atoms with van der Waals surface area (Å²) in [5, 5.41) is 6.40. The molecule has 2 heterocycles. The van der Waals surface area contributed by atoms with Gasteiger partial charge in [-0.25, -0.2) is 0 Å². The molecule has 0 aromatic heterocycles. The molecule has 0 spiro atoms. The largest absolute Gasteiger partial charge is 0.366 e. The number of carbonyl (C=O) groups is 1. The van der Waals surface area contributed by atoms with Crippen molar-refractivity contribution >= 4 is 11.6 Å². The van der Waals surface area contributed by atoms with Crippen LogP contribution in [-0.4, -0.2) is 23.5 Å². The Kier molecular flexibility index (Phi) is 4.71. The van der Waals surface area contributed by atoms with Crippen molar-refractivity contribution in [2.45, 2.75) is 39.3 Å². The summed E-state index contributed by atoms with van der Waals surface area (Å²) >= 11 is 0. The molecule has 4 nitrogen and oxygen atoms in total. The van der Waals surface area contributed by atoms with Crippen LogP contribution in [0, 0.1) is 5.92 Å². The zero-order valence-corrected chi connectivity index (χ0v) is 15.4. The Hall–Kier alpha value is -2.49. The SMILES string of the molecule is CC(C)CNC(=O)C(C)(C)c1ccc(C2=CNC3C=CC=CN23)cc1. The van der Waals surface area contributed by atoms with Gasteiger partial charge >= 0.3 is 0 Å². The van der Waals surface area contributed by atoms with Crippen LogP contribution in [0.5, 0.6) is 0 Å². The monoisotopic (exact) mass is 337 g/mol. The Balaban J connectivity index is 1.75. The van der Waals surface area contributed by atoms with E-state index >= 15 is 0 Å². The van der Waals surface area contributed by atoms with Gasteiger partial charge in [0.25, 0.3) is 0 Å². The Morgan fingerprint density at radius 3 is 2.64 bits per heavy atom. The van der Waals surface area contributed by atoms with E-state index in [2.05, 4.69) is 65.9 Å². The Morgan fingerprint density at radius 1 is 1.24 bits per heavy atom. The van der Waals surface area contributed by atoms with E-state index in [0.717, 1.165) is 16.8 Å². The fourth-order valence-electron chi connectivity index (χ4n) is 3.04. The molecule has 1 aromatic rings. The number of nitrogens with one attached hydrogen (secondary N) is 2. The molecule has 4 heteroatoms. The average molecular weight is 337 g/mol. The van der Waals surface area contributed by atoms with E-state index in [1.807, 2.05) is 32.2 Å². The number of rotatable bonds is 5. The third kappa shape index (κ3) is 3.48. The van der Waals surface area contributed by atoms with Crippen LogP contribution in [0.3, 0.4) is 0 Å². The van der Waals surface area contributed by atoms with Gasteiger partial charge in [-0.2, -0.15) is 0 Å². The van der Waals surface area contributed by atoms with Gasteiger partial charge in [-0.1, -0.05) is 44.2 Å². The number of nitrogens with zero attached hydrogens (tertiary/aromatic N) is 1. The van der Waals surface area contributed by atoms with Gasteiger partial charge in [-0.3, -0.25) is 4.79 Å². The second-order valence-electron chi connectivity index (χ2n) is 7.58. The minimum Gasteiger partial charge on any atom is -0.366 e. The summed E-state index contributed by atoms with van der Waals surface area (Å²) in [6.07, 6.45) is 10.5. The standard InChI is InChI=1S/C21H27N3O/c1-15(2)13-23-20(25)21(3,4)17-10-8-16(9-11-17)18-14-22-19-7-5-6-12-24(18)19/h5-12,14-15,19,22H,13H2,1-4H3,(H,23,25). The number of hydrogen-bond acceptors (Lipinski definition) is 3. The van der Waals surface area contributed by atoms with Crippen molar-refractivity contribution in [3.05, 3.63) is 66.0 Å². The number of amides is 1. The smallest absolute Gasteiger partial charge is 0.230 e. The van der Waals surface area contributed by atoms with E-state index in [1.54, 1.807) is 0 Å². The predicted molar refractivity (Wildman–Crippen MR) is 102 cm³/mol. The fourth-order valence-corrected chi connectivity index (χ4v) is 3.04. The summed E-state index contributed by atoms with van der Waals surface area (Å²) in [6.45, 7) is 8.85. The Bertz CT molecular complexity index is 726. The van der Waals surface area contributed by atoms with Gasteiger partial charge in [0.05, 0.1) is 11.1 Å². The molecule has 1 amide bonds. The minimum absolute atomic E-state index is 0.0693. The van der Waals surface area contributed by atoms with Crippen LogP contribution in [0.2, 0.25) is 0 Å². The second kappa shape index (κ2) is 6.79. The van der Waals surface area contributed by atoms with Gasteiger partial charge in [-0.15, -0.1) is 0 Å². The summed E-state index contributed by atoms with van der Waals surface area (Å²) in [4.78, 5) is 14.7. The lowest BCUT2D eigenvalue weighted by atomic mass is 9.83. The molecule has 25 heavy (non-hydrogen) atoms. The number of fused-ring (bicyclic) bond motifs is 1. The van der Waals surface area contributed by atoms with Crippen LogP contribution in [0.15, 0.2) is 54.9 Å². The van der Waals surface area contributed by atoms with Gasteiger partial charge in [-0.05, 0) is 43.0 Å². The molecule has 0 radical (unpaired) electrons. The Labute approximate surface area is 150 Å². The van der Waals surface area contributed by atoms with Gasteiger partial charge in [0, 0.05) is 18.9 Å². The van der Waals surface area contributed by atoms with Crippen LogP contribution in [0.4, 0.5) is 0 Å². The second-order valence-corrected chi connectivity index (χ2v) is 7.58. The summed E-state index contributed by atoms with van der Waals surface area (Å²) < 4.78 is 0. The van der Waals surface area contributed by atoms with Gasteiger partial charge in [0.15, 0.2) is 0 Å². The predicted octanol–water partition coefficient (Wildman–Crippen LogP) is 3.35. The van der Waals surface area contributed by atoms with E-state index in [1.165, 1.54) is 0 Å². The van der Waals surface area contributed by atoms with E-state index in [4.69, 9.17) is 0 Å². The highest BCUT2D eigenvalue weighted by atomic mass is 16.2. The lowest BCUT2D eigenvalue weighted by Crippen LogP contribution is -2.41. The van der Waals surface area contributed by atoms with Crippen molar-refractivity contribution < 1.29 is 4.79 Å². The van der Waals surface area contributed by atoms with E-state index in [0.29, 0.717) is 12.5 Å². The van der Waals surface area contributed by atoms with Crippen molar-refractivity contribution in [3.8, 4) is 0 Å². The lowest BCUT2D eigenvalue weighted by Gasteiger charge is -2.27. The first-order chi connectivity index (χ1) is 11.9. The summed E-state index contributed by atoms with van der Waals surface area (Å²) in [5.74, 6) is 0.517. The molecule has 0 aliphatic carbocycles. The average Bonchev–Trinajstić information content (AvgIpc) is 3.03. The van der Waals surface area contributed by atoms with Crippen molar-refractivity contribution in [3.63, 3.8) is 0 Å². The number of allylic oxidation sites excluding steroid dienone is 2. The maximum absolute atomic E-state index is 12.5. The van der Waals surface area contributed by atoms with Crippen LogP contribution < -0.4 is 10.6 Å². The van der Waals surface area contributed by atoms with Crippen LogP contribution in [0.25, 0.3) is 5.70 Å². The quantitative estimate of drug-likeness (QED) is 0.866. The molecular formula is C21H27N3O. The van der Waals surface area contributed by atoms with Crippen LogP contribution >= 0.6 is 0 Å². The minimum atomic E-state index is -0.550. The zero-order chi connectivity index (χ0) is 18.0. The number of benzene rings is 1. The van der Waals surface area contributed by atoms with Crippen LogP contribution in [-0.2, 0) is 10.2 Å². The molecule has 0 bridgehead atoms. The van der Waals surface area contributed by atoms with Crippen LogP contribution in [0.1, 0.15) is 38.8 Å². The third-order valence-electron chi connectivity index (χ3n) is 4.76. The molecular weight excluding hydrogens is 310 g/mol. The van der Waals surface area contributed by atoms with Crippen molar-refractivity contribution in [1.29, 1.82) is 0 Å². The topological polar surface area (TPSA) is 44.4 Å². The molecule has 2 aliphatic heterocycles. The molecule has 1 unspecified atom stereocenters. The van der Waals surface area contributed by atoms with Gasteiger partial charge < -0.3 is 15.5 Å². The van der Waals surface area contributed by atoms with E-state index in [9.17, 15) is 4.79 Å². The molecule has 0 fully saturated rings. The first-order valence-corrected chi connectivity index (χ1v) is 8.88. The molecule has 2 N–H and O–H groups in total. The first kappa shape index (κ1) is 17.3. The number of hydrogen-bond donors (Lipinski definition) is 2. The molecule has 2 aliphatic rings. The molecule has 0 saturated heterocycles. The zero-order valence-electron chi connectivity index (χ0n) is 15.4. The molecule has 132 valence electrons. The summed E-state index contributed by atoms with van der Waals surface area (Å²) in [5.41, 5.74) is 2.75.